The molecule has 19 heavy (non-hydrogen) atoms. The minimum absolute atomic E-state index is 0.228. The lowest BCUT2D eigenvalue weighted by atomic mass is 10.1. The molecule has 1 aliphatic heterocycles. The number of nitrogens with zero attached hydrogens (tertiary/aromatic N) is 1. The van der Waals surface area contributed by atoms with E-state index in [0.29, 0.717) is 23.1 Å². The van der Waals surface area contributed by atoms with E-state index in [1.165, 1.54) is 12.1 Å². The molecule has 1 aromatic carbocycles. The van der Waals surface area contributed by atoms with Crippen molar-refractivity contribution < 1.29 is 19.1 Å². The largest absolute Gasteiger partial charge is 0.478 e. The molecule has 2 heterocycles. The van der Waals surface area contributed by atoms with E-state index in [2.05, 4.69) is 4.98 Å². The van der Waals surface area contributed by atoms with Crippen LogP contribution in [-0.4, -0.2) is 28.8 Å². The van der Waals surface area contributed by atoms with E-state index in [4.69, 9.17) is 14.3 Å². The molecular weight excluding hydrogens is 246 g/mol. The molecule has 100 valence electrons. The number of carbonyl (C=O) groups is 1. The first-order valence-electron chi connectivity index (χ1n) is 6.47. The Morgan fingerprint density at radius 1 is 1.47 bits per heavy atom. The number of ether oxygens (including phenoxy) is 1. The average Bonchev–Trinajstić information content (AvgIpc) is 3.04. The molecule has 1 fully saturated rings. The Kier molecular flexibility index (Phi) is 3.21. The summed E-state index contributed by atoms with van der Waals surface area (Å²) >= 11 is 0. The third-order valence-corrected chi connectivity index (χ3v) is 3.38. The van der Waals surface area contributed by atoms with Crippen molar-refractivity contribution in [2.75, 3.05) is 6.61 Å². The maximum atomic E-state index is 10.9. The molecule has 1 unspecified atom stereocenters. The van der Waals surface area contributed by atoms with E-state index < -0.39 is 5.97 Å². The topological polar surface area (TPSA) is 72.6 Å². The predicted molar refractivity (Wildman–Crippen MR) is 68.3 cm³/mol. The normalized spacial score (nSPS) is 19.1. The molecule has 5 heteroatoms. The Balaban J connectivity index is 1.75. The number of benzene rings is 1. The first-order chi connectivity index (χ1) is 9.22. The molecule has 1 saturated heterocycles. The van der Waals surface area contributed by atoms with Gasteiger partial charge in [-0.2, -0.15) is 0 Å². The lowest BCUT2D eigenvalue weighted by molar-refractivity contribution is 0.0697. The number of carboxylic acid groups (broad SMARTS) is 1. The average molecular weight is 261 g/mol. The van der Waals surface area contributed by atoms with E-state index in [0.717, 1.165) is 32.3 Å². The van der Waals surface area contributed by atoms with Crippen molar-refractivity contribution in [1.82, 2.24) is 4.98 Å². The summed E-state index contributed by atoms with van der Waals surface area (Å²) in [5, 5.41) is 8.92. The van der Waals surface area contributed by atoms with Crippen LogP contribution in [-0.2, 0) is 11.2 Å². The van der Waals surface area contributed by atoms with Crippen LogP contribution in [0.4, 0.5) is 0 Å². The van der Waals surface area contributed by atoms with Gasteiger partial charge in [-0.15, -0.1) is 0 Å². The number of aromatic nitrogens is 1. The third kappa shape index (κ3) is 2.61. The summed E-state index contributed by atoms with van der Waals surface area (Å²) in [6, 6.07) is 4.72. The van der Waals surface area contributed by atoms with E-state index in [1.54, 1.807) is 6.07 Å². The summed E-state index contributed by atoms with van der Waals surface area (Å²) in [5.41, 5.74) is 1.46. The number of aryl methyl sites for hydroxylation is 1. The highest BCUT2D eigenvalue weighted by molar-refractivity contribution is 5.91. The minimum atomic E-state index is -0.953. The third-order valence-electron chi connectivity index (χ3n) is 3.38. The summed E-state index contributed by atoms with van der Waals surface area (Å²) in [6.07, 6.45) is 4.16. The van der Waals surface area contributed by atoms with Crippen LogP contribution in [0.5, 0.6) is 0 Å². The summed E-state index contributed by atoms with van der Waals surface area (Å²) in [5.74, 6) is -0.307. The maximum Gasteiger partial charge on any atom is 0.335 e. The smallest absolute Gasteiger partial charge is 0.335 e. The van der Waals surface area contributed by atoms with Crippen LogP contribution in [0.1, 0.15) is 35.5 Å². The first-order valence-corrected chi connectivity index (χ1v) is 6.47. The second kappa shape index (κ2) is 5.01. The van der Waals surface area contributed by atoms with Crippen LogP contribution in [0, 0.1) is 0 Å². The van der Waals surface area contributed by atoms with E-state index >= 15 is 0 Å². The fourth-order valence-corrected chi connectivity index (χ4v) is 2.37. The number of aromatic carboxylic acids is 1. The number of carboxylic acids is 1. The number of hydrogen-bond acceptors (Lipinski definition) is 4. The molecule has 1 atom stereocenters. The summed E-state index contributed by atoms with van der Waals surface area (Å²) in [4.78, 5) is 15.2. The Labute approximate surface area is 110 Å². The molecular formula is C14H15NO4. The molecule has 5 nitrogen and oxygen atoms in total. The fourth-order valence-electron chi connectivity index (χ4n) is 2.37. The van der Waals surface area contributed by atoms with Crippen LogP contribution >= 0.6 is 0 Å². The molecule has 0 aliphatic carbocycles. The zero-order valence-corrected chi connectivity index (χ0v) is 10.5. The molecule has 0 saturated carbocycles. The molecule has 1 aliphatic rings. The Bertz CT molecular complexity index is 599. The number of oxazole rings is 1. The van der Waals surface area contributed by atoms with Crippen molar-refractivity contribution in [3.05, 3.63) is 29.7 Å². The van der Waals surface area contributed by atoms with Crippen molar-refractivity contribution in [3.8, 4) is 0 Å². The van der Waals surface area contributed by atoms with Gasteiger partial charge in [0.2, 0.25) is 0 Å². The molecule has 0 spiro atoms. The van der Waals surface area contributed by atoms with Gasteiger partial charge in [0.15, 0.2) is 11.5 Å². The lowest BCUT2D eigenvalue weighted by Gasteiger charge is -2.05. The van der Waals surface area contributed by atoms with E-state index in [9.17, 15) is 4.79 Å². The van der Waals surface area contributed by atoms with Crippen LogP contribution in [0.25, 0.3) is 11.1 Å². The molecule has 0 bridgehead atoms. The van der Waals surface area contributed by atoms with Crippen LogP contribution in [0.2, 0.25) is 0 Å². The van der Waals surface area contributed by atoms with Gasteiger partial charge in [-0.05, 0) is 37.5 Å². The molecule has 2 aromatic rings. The van der Waals surface area contributed by atoms with Crippen molar-refractivity contribution >= 4 is 17.1 Å². The molecule has 1 N–H and O–H groups in total. The second-order valence-corrected chi connectivity index (χ2v) is 4.77. The van der Waals surface area contributed by atoms with Crippen molar-refractivity contribution in [2.24, 2.45) is 0 Å². The Hall–Kier alpha value is -1.88. The minimum Gasteiger partial charge on any atom is -0.478 e. The molecule has 1 aromatic heterocycles. The zero-order valence-electron chi connectivity index (χ0n) is 10.5. The van der Waals surface area contributed by atoms with Gasteiger partial charge in [-0.1, -0.05) is 0 Å². The number of fused-ring (bicyclic) bond motifs is 1. The van der Waals surface area contributed by atoms with Crippen molar-refractivity contribution in [1.29, 1.82) is 0 Å². The summed E-state index contributed by atoms with van der Waals surface area (Å²) in [7, 11) is 0. The van der Waals surface area contributed by atoms with E-state index in [-0.39, 0.29) is 5.56 Å². The fraction of sp³-hybridized carbons (Fsp3) is 0.429. The van der Waals surface area contributed by atoms with Crippen LogP contribution < -0.4 is 0 Å². The van der Waals surface area contributed by atoms with Gasteiger partial charge in [-0.3, -0.25) is 0 Å². The highest BCUT2D eigenvalue weighted by Gasteiger charge is 2.17. The predicted octanol–water partition coefficient (Wildman–Crippen LogP) is 2.64. The number of rotatable bonds is 4. The Morgan fingerprint density at radius 2 is 2.37 bits per heavy atom. The molecule has 0 radical (unpaired) electrons. The number of hydrogen-bond donors (Lipinski definition) is 1. The van der Waals surface area contributed by atoms with E-state index in [1.807, 2.05) is 0 Å². The SMILES string of the molecule is O=C(O)c1ccc2oc(CCC3CCCO3)nc2c1. The highest BCUT2D eigenvalue weighted by Crippen LogP contribution is 2.21. The van der Waals surface area contributed by atoms with Gasteiger partial charge < -0.3 is 14.3 Å². The van der Waals surface area contributed by atoms with Crippen molar-refractivity contribution in [3.63, 3.8) is 0 Å². The monoisotopic (exact) mass is 261 g/mol. The summed E-state index contributed by atoms with van der Waals surface area (Å²) < 4.78 is 11.2. The maximum absolute atomic E-state index is 10.9. The van der Waals surface area contributed by atoms with Gasteiger partial charge in [0.1, 0.15) is 5.52 Å². The molecule has 3 rings (SSSR count). The first kappa shape index (κ1) is 12.2. The standard InChI is InChI=1S/C14H15NO4/c16-14(17)9-3-5-12-11(8-9)15-13(19-12)6-4-10-2-1-7-18-10/h3,5,8,10H,1-2,4,6-7H2,(H,16,17). The van der Waals surface area contributed by atoms with Gasteiger partial charge in [-0.25, -0.2) is 9.78 Å². The highest BCUT2D eigenvalue weighted by atomic mass is 16.5. The van der Waals surface area contributed by atoms with Crippen molar-refractivity contribution in [2.45, 2.75) is 31.8 Å². The van der Waals surface area contributed by atoms with Gasteiger partial charge in [0, 0.05) is 13.0 Å². The van der Waals surface area contributed by atoms with Gasteiger partial charge in [0.05, 0.1) is 11.7 Å². The van der Waals surface area contributed by atoms with Crippen LogP contribution in [0.3, 0.4) is 0 Å². The Morgan fingerprint density at radius 3 is 3.11 bits per heavy atom. The zero-order chi connectivity index (χ0) is 13.2. The molecule has 0 amide bonds. The lowest BCUT2D eigenvalue weighted by Crippen LogP contribution is -2.06. The van der Waals surface area contributed by atoms with Crippen LogP contribution in [0.15, 0.2) is 22.6 Å². The van der Waals surface area contributed by atoms with Gasteiger partial charge >= 0.3 is 5.97 Å². The quantitative estimate of drug-likeness (QED) is 0.915. The summed E-state index contributed by atoms with van der Waals surface area (Å²) in [6.45, 7) is 0.847. The second-order valence-electron chi connectivity index (χ2n) is 4.77. The van der Waals surface area contributed by atoms with Gasteiger partial charge in [0.25, 0.3) is 0 Å².